The zero-order valence-electron chi connectivity index (χ0n) is 11.7. The molecule has 2 aromatic carbocycles. The minimum absolute atomic E-state index is 0.135. The van der Waals surface area contributed by atoms with Crippen LogP contribution in [-0.2, 0) is 0 Å². The third-order valence-electron chi connectivity index (χ3n) is 3.25. The van der Waals surface area contributed by atoms with Crippen LogP contribution < -0.4 is 5.32 Å². The molecule has 0 aromatic heterocycles. The van der Waals surface area contributed by atoms with Gasteiger partial charge in [0.15, 0.2) is 0 Å². The van der Waals surface area contributed by atoms with Crippen molar-refractivity contribution in [2.24, 2.45) is 0 Å². The number of carbonyl (C=O) groups excluding carboxylic acids is 1. The summed E-state index contributed by atoms with van der Waals surface area (Å²) in [5.41, 5.74) is 3.37. The normalized spacial score (nSPS) is 10.3. The molecular weight excluding hydrogens is 254 g/mol. The van der Waals surface area contributed by atoms with Crippen LogP contribution in [0.4, 0.5) is 5.69 Å². The van der Waals surface area contributed by atoms with Gasteiger partial charge >= 0.3 is 0 Å². The Morgan fingerprint density at radius 3 is 2.30 bits per heavy atom. The fourth-order valence-electron chi connectivity index (χ4n) is 2.03. The molecule has 4 heteroatoms. The number of aryl methyl sites for hydroxylation is 3. The maximum atomic E-state index is 12.2. The Bertz CT molecular complexity index is 678. The summed E-state index contributed by atoms with van der Waals surface area (Å²) in [6.45, 7) is 5.36. The van der Waals surface area contributed by atoms with Crippen LogP contribution in [0.2, 0.25) is 0 Å². The molecule has 0 bridgehead atoms. The van der Waals surface area contributed by atoms with Crippen molar-refractivity contribution in [2.75, 3.05) is 5.32 Å². The number of phenols is 2. The Labute approximate surface area is 117 Å². The lowest BCUT2D eigenvalue weighted by molar-refractivity contribution is 0.102. The molecule has 0 saturated carbocycles. The molecule has 0 atom stereocenters. The molecule has 2 rings (SSSR count). The van der Waals surface area contributed by atoms with E-state index in [1.54, 1.807) is 38.1 Å². The molecule has 0 aliphatic carbocycles. The van der Waals surface area contributed by atoms with Crippen LogP contribution in [0.3, 0.4) is 0 Å². The molecule has 0 radical (unpaired) electrons. The molecule has 0 unspecified atom stereocenters. The minimum atomic E-state index is -0.240. The summed E-state index contributed by atoms with van der Waals surface area (Å²) in [7, 11) is 0. The number of rotatable bonds is 2. The van der Waals surface area contributed by atoms with Crippen LogP contribution in [-0.4, -0.2) is 16.1 Å². The van der Waals surface area contributed by atoms with E-state index in [0.29, 0.717) is 22.4 Å². The lowest BCUT2D eigenvalue weighted by Gasteiger charge is -2.12. The second-order valence-corrected chi connectivity index (χ2v) is 4.91. The zero-order chi connectivity index (χ0) is 14.9. The highest BCUT2D eigenvalue weighted by Gasteiger charge is 2.12. The topological polar surface area (TPSA) is 69.6 Å². The summed E-state index contributed by atoms with van der Waals surface area (Å²) in [6, 6.07) is 7.97. The second-order valence-electron chi connectivity index (χ2n) is 4.91. The fourth-order valence-corrected chi connectivity index (χ4v) is 2.03. The summed E-state index contributed by atoms with van der Waals surface area (Å²) in [5, 5.41) is 21.8. The largest absolute Gasteiger partial charge is 0.508 e. The average molecular weight is 271 g/mol. The number of hydrogen-bond donors (Lipinski definition) is 3. The predicted molar refractivity (Wildman–Crippen MR) is 78.4 cm³/mol. The van der Waals surface area contributed by atoms with E-state index in [2.05, 4.69) is 5.32 Å². The average Bonchev–Trinajstić information content (AvgIpc) is 2.35. The maximum absolute atomic E-state index is 12.2. The van der Waals surface area contributed by atoms with Gasteiger partial charge < -0.3 is 15.5 Å². The Hall–Kier alpha value is -2.49. The van der Waals surface area contributed by atoms with E-state index in [-0.39, 0.29) is 17.4 Å². The van der Waals surface area contributed by atoms with Crippen molar-refractivity contribution >= 4 is 11.6 Å². The number of anilines is 1. The zero-order valence-corrected chi connectivity index (χ0v) is 11.7. The molecule has 4 nitrogen and oxygen atoms in total. The highest BCUT2D eigenvalue weighted by atomic mass is 16.3. The summed E-state index contributed by atoms with van der Waals surface area (Å²) in [6.07, 6.45) is 0. The molecule has 3 N–H and O–H groups in total. The van der Waals surface area contributed by atoms with Gasteiger partial charge in [-0.15, -0.1) is 0 Å². The Kier molecular flexibility index (Phi) is 3.66. The first kappa shape index (κ1) is 13.9. The number of benzene rings is 2. The van der Waals surface area contributed by atoms with Crippen LogP contribution in [0.25, 0.3) is 0 Å². The van der Waals surface area contributed by atoms with Crippen LogP contribution in [0.5, 0.6) is 11.5 Å². The quantitative estimate of drug-likeness (QED) is 0.734. The molecule has 2 aromatic rings. The van der Waals surface area contributed by atoms with E-state index in [9.17, 15) is 15.0 Å². The molecule has 0 aliphatic rings. The van der Waals surface area contributed by atoms with Crippen molar-refractivity contribution < 1.29 is 15.0 Å². The van der Waals surface area contributed by atoms with Crippen molar-refractivity contribution in [3.05, 3.63) is 52.6 Å². The number of carbonyl (C=O) groups is 1. The highest BCUT2D eigenvalue weighted by molar-refractivity contribution is 6.05. The molecule has 0 saturated heterocycles. The Morgan fingerprint density at radius 1 is 0.950 bits per heavy atom. The number of aromatic hydroxyl groups is 2. The van der Waals surface area contributed by atoms with E-state index in [1.807, 2.05) is 6.92 Å². The third kappa shape index (κ3) is 2.74. The Morgan fingerprint density at radius 2 is 1.65 bits per heavy atom. The Balaban J connectivity index is 2.30. The van der Waals surface area contributed by atoms with Gasteiger partial charge in [0.05, 0.1) is 0 Å². The number of amides is 1. The molecule has 0 fully saturated rings. The van der Waals surface area contributed by atoms with E-state index in [0.717, 1.165) is 5.56 Å². The van der Waals surface area contributed by atoms with Crippen molar-refractivity contribution in [1.29, 1.82) is 0 Å². The van der Waals surface area contributed by atoms with Gasteiger partial charge in [-0.2, -0.15) is 0 Å². The van der Waals surface area contributed by atoms with E-state index < -0.39 is 0 Å². The van der Waals surface area contributed by atoms with Crippen molar-refractivity contribution in [3.63, 3.8) is 0 Å². The van der Waals surface area contributed by atoms with Crippen LogP contribution in [0.15, 0.2) is 30.3 Å². The molecule has 0 spiro atoms. The second kappa shape index (κ2) is 5.25. The fraction of sp³-hybridized carbons (Fsp3) is 0.188. The monoisotopic (exact) mass is 271 g/mol. The molecule has 104 valence electrons. The third-order valence-corrected chi connectivity index (χ3v) is 3.25. The number of hydrogen-bond acceptors (Lipinski definition) is 3. The van der Waals surface area contributed by atoms with Crippen molar-refractivity contribution in [3.8, 4) is 11.5 Å². The summed E-state index contributed by atoms with van der Waals surface area (Å²) >= 11 is 0. The van der Waals surface area contributed by atoms with Crippen LogP contribution in [0, 0.1) is 20.8 Å². The summed E-state index contributed by atoms with van der Waals surface area (Å²) < 4.78 is 0. The van der Waals surface area contributed by atoms with Gasteiger partial charge in [-0.05, 0) is 67.8 Å². The first-order chi connectivity index (χ1) is 9.38. The predicted octanol–water partition coefficient (Wildman–Crippen LogP) is 3.28. The maximum Gasteiger partial charge on any atom is 0.255 e. The van der Waals surface area contributed by atoms with Crippen molar-refractivity contribution in [1.82, 2.24) is 0 Å². The number of nitrogens with one attached hydrogen (secondary N) is 1. The van der Waals surface area contributed by atoms with Gasteiger partial charge in [-0.3, -0.25) is 4.79 Å². The molecular formula is C16H17NO3. The SMILES string of the molecule is Cc1cc(NC(=O)c2ccc(O)cc2C)c(C)cc1O. The summed E-state index contributed by atoms with van der Waals surface area (Å²) in [5.74, 6) is 0.104. The standard InChI is InChI=1S/C16H17NO3/c1-9-6-12(18)4-5-13(9)16(20)17-14-7-11(3)15(19)8-10(14)2/h4-8,18-19H,1-3H3,(H,17,20). The smallest absolute Gasteiger partial charge is 0.255 e. The highest BCUT2D eigenvalue weighted by Crippen LogP contribution is 2.26. The van der Waals surface area contributed by atoms with Gasteiger partial charge in [0.25, 0.3) is 5.91 Å². The summed E-state index contributed by atoms with van der Waals surface area (Å²) in [4.78, 5) is 12.2. The lowest BCUT2D eigenvalue weighted by atomic mass is 10.1. The van der Waals surface area contributed by atoms with Gasteiger partial charge in [0.1, 0.15) is 11.5 Å². The molecule has 1 amide bonds. The lowest BCUT2D eigenvalue weighted by Crippen LogP contribution is -2.14. The van der Waals surface area contributed by atoms with E-state index in [4.69, 9.17) is 0 Å². The van der Waals surface area contributed by atoms with Gasteiger partial charge in [-0.25, -0.2) is 0 Å². The molecule has 20 heavy (non-hydrogen) atoms. The van der Waals surface area contributed by atoms with Gasteiger partial charge in [0.2, 0.25) is 0 Å². The number of phenolic OH excluding ortho intramolecular Hbond substituents is 2. The first-order valence-corrected chi connectivity index (χ1v) is 6.29. The van der Waals surface area contributed by atoms with Crippen LogP contribution >= 0.6 is 0 Å². The van der Waals surface area contributed by atoms with Crippen LogP contribution in [0.1, 0.15) is 27.0 Å². The van der Waals surface area contributed by atoms with E-state index >= 15 is 0 Å². The van der Waals surface area contributed by atoms with Crippen molar-refractivity contribution in [2.45, 2.75) is 20.8 Å². The van der Waals surface area contributed by atoms with E-state index in [1.165, 1.54) is 6.07 Å². The minimum Gasteiger partial charge on any atom is -0.508 e. The molecule has 0 heterocycles. The first-order valence-electron chi connectivity index (χ1n) is 6.29. The molecule has 0 aliphatic heterocycles. The van der Waals surface area contributed by atoms with Gasteiger partial charge in [-0.1, -0.05) is 0 Å². The van der Waals surface area contributed by atoms with Gasteiger partial charge in [0, 0.05) is 11.3 Å².